The quantitative estimate of drug-likeness (QED) is 0.308. The van der Waals surface area contributed by atoms with Crippen molar-refractivity contribution in [2.45, 2.75) is 64.5 Å². The van der Waals surface area contributed by atoms with Crippen LogP contribution in [-0.2, 0) is 48.2 Å². The maximum Gasteiger partial charge on any atom is 0.337 e. The molecule has 0 saturated carbocycles. The predicted octanol–water partition coefficient (Wildman–Crippen LogP) is 2.50. The number of nitrogens with one attached hydrogen (secondary N) is 2. The standard InChI is InChI=1S/2C17H18N2O4/c2*1-23-16(21)12-6-4-5-11(9-12)10-19-14-8-3-2-7-13(14)15(20)18-17(19)22/h2*4-6,9H,2-3,7-8,10H2,1H3,(H,18,20,22). The van der Waals surface area contributed by atoms with Gasteiger partial charge in [0.1, 0.15) is 0 Å². The lowest BCUT2D eigenvalue weighted by Gasteiger charge is -2.20. The second kappa shape index (κ2) is 14.2. The Morgan fingerprint density at radius 2 is 1.02 bits per heavy atom. The van der Waals surface area contributed by atoms with E-state index in [1.54, 1.807) is 45.5 Å². The fourth-order valence-electron chi connectivity index (χ4n) is 6.12. The first kappa shape index (κ1) is 32.1. The maximum absolute atomic E-state index is 12.2. The smallest absolute Gasteiger partial charge is 0.337 e. The molecule has 46 heavy (non-hydrogen) atoms. The van der Waals surface area contributed by atoms with E-state index in [0.29, 0.717) is 48.2 Å². The molecule has 12 heteroatoms. The Morgan fingerprint density at radius 1 is 0.630 bits per heavy atom. The van der Waals surface area contributed by atoms with Gasteiger partial charge in [0.15, 0.2) is 0 Å². The Hall–Kier alpha value is -5.26. The van der Waals surface area contributed by atoms with Gasteiger partial charge in [-0.2, -0.15) is 0 Å². The molecule has 2 aliphatic rings. The van der Waals surface area contributed by atoms with Crippen molar-refractivity contribution in [2.75, 3.05) is 14.2 Å². The molecule has 4 aromatic rings. The third kappa shape index (κ3) is 7.01. The van der Waals surface area contributed by atoms with Crippen molar-refractivity contribution in [3.05, 3.63) is 135 Å². The van der Waals surface area contributed by atoms with Gasteiger partial charge in [-0.1, -0.05) is 24.3 Å². The Balaban J connectivity index is 0.000000181. The lowest BCUT2D eigenvalue weighted by molar-refractivity contribution is 0.0591. The number of fused-ring (bicyclic) bond motifs is 2. The second-order valence-corrected chi connectivity index (χ2v) is 11.3. The van der Waals surface area contributed by atoms with E-state index in [-0.39, 0.29) is 11.1 Å². The van der Waals surface area contributed by atoms with Gasteiger partial charge in [-0.25, -0.2) is 19.2 Å². The minimum atomic E-state index is -0.414. The zero-order chi connectivity index (χ0) is 32.8. The summed E-state index contributed by atoms with van der Waals surface area (Å²) >= 11 is 0. The minimum absolute atomic E-state index is 0.274. The van der Waals surface area contributed by atoms with Crippen LogP contribution in [0.15, 0.2) is 67.7 Å². The first-order chi connectivity index (χ1) is 22.2. The summed E-state index contributed by atoms with van der Waals surface area (Å²) in [6, 6.07) is 14.0. The van der Waals surface area contributed by atoms with Crippen LogP contribution in [0.5, 0.6) is 0 Å². The summed E-state index contributed by atoms with van der Waals surface area (Å²) in [4.78, 5) is 76.3. The van der Waals surface area contributed by atoms with Crippen molar-refractivity contribution in [3.63, 3.8) is 0 Å². The lowest BCUT2D eigenvalue weighted by Crippen LogP contribution is -2.37. The zero-order valence-electron chi connectivity index (χ0n) is 25.9. The van der Waals surface area contributed by atoms with E-state index < -0.39 is 23.3 Å². The molecular formula is C34H36N4O8. The maximum atomic E-state index is 12.2. The minimum Gasteiger partial charge on any atom is -0.465 e. The molecule has 12 nitrogen and oxygen atoms in total. The van der Waals surface area contributed by atoms with Crippen LogP contribution in [0.4, 0.5) is 0 Å². The molecule has 0 amide bonds. The first-order valence-electron chi connectivity index (χ1n) is 15.2. The van der Waals surface area contributed by atoms with E-state index in [1.807, 2.05) is 12.1 Å². The van der Waals surface area contributed by atoms with E-state index in [2.05, 4.69) is 9.97 Å². The number of ether oxygens (including phenoxy) is 2. The SMILES string of the molecule is COC(=O)c1cccc(Cn2c3c(c(=O)[nH]c2=O)CCCC3)c1.COC(=O)c1cccc(Cn2c3c(c(=O)[nH]c2=O)CCCC3)c1. The summed E-state index contributed by atoms with van der Waals surface area (Å²) < 4.78 is 12.6. The molecule has 240 valence electrons. The number of aromatic nitrogens is 4. The Labute approximate surface area is 263 Å². The summed E-state index contributed by atoms with van der Waals surface area (Å²) in [6.07, 6.45) is 6.73. The number of hydrogen-bond donors (Lipinski definition) is 2. The molecular weight excluding hydrogens is 592 g/mol. The predicted molar refractivity (Wildman–Crippen MR) is 170 cm³/mol. The van der Waals surface area contributed by atoms with Crippen LogP contribution in [0.1, 0.15) is 80.0 Å². The van der Waals surface area contributed by atoms with Crippen molar-refractivity contribution in [3.8, 4) is 0 Å². The van der Waals surface area contributed by atoms with Crippen molar-refractivity contribution in [2.24, 2.45) is 0 Å². The molecule has 6 rings (SSSR count). The van der Waals surface area contributed by atoms with E-state index in [9.17, 15) is 28.8 Å². The number of nitrogens with zero attached hydrogens (tertiary/aromatic N) is 2. The van der Waals surface area contributed by atoms with Gasteiger partial charge in [-0.3, -0.25) is 28.7 Å². The fraction of sp³-hybridized carbons (Fsp3) is 0.353. The van der Waals surface area contributed by atoms with Crippen molar-refractivity contribution >= 4 is 11.9 Å². The van der Waals surface area contributed by atoms with E-state index in [4.69, 9.17) is 9.47 Å². The van der Waals surface area contributed by atoms with Crippen molar-refractivity contribution < 1.29 is 19.1 Å². The highest BCUT2D eigenvalue weighted by molar-refractivity contribution is 5.89. The molecule has 2 aromatic heterocycles. The van der Waals surface area contributed by atoms with Gasteiger partial charge >= 0.3 is 23.3 Å². The average molecular weight is 629 g/mol. The number of hydrogen-bond acceptors (Lipinski definition) is 8. The van der Waals surface area contributed by atoms with Crippen LogP contribution in [-0.4, -0.2) is 45.3 Å². The third-order valence-electron chi connectivity index (χ3n) is 8.39. The number of methoxy groups -OCH3 is 2. The molecule has 0 atom stereocenters. The second-order valence-electron chi connectivity index (χ2n) is 11.3. The van der Waals surface area contributed by atoms with Gasteiger partial charge in [-0.15, -0.1) is 0 Å². The average Bonchev–Trinajstić information content (AvgIpc) is 3.08. The highest BCUT2D eigenvalue weighted by Crippen LogP contribution is 2.19. The monoisotopic (exact) mass is 628 g/mol. The number of carbonyl (C=O) groups excluding carboxylic acids is 2. The van der Waals surface area contributed by atoms with Crippen molar-refractivity contribution in [1.82, 2.24) is 19.1 Å². The number of benzene rings is 2. The normalized spacial score (nSPS) is 13.4. The summed E-state index contributed by atoms with van der Waals surface area (Å²) in [5.74, 6) is -0.828. The number of aromatic amines is 2. The Kier molecular flexibility index (Phi) is 9.94. The summed E-state index contributed by atoms with van der Waals surface area (Å²) in [7, 11) is 2.66. The van der Waals surface area contributed by atoms with Crippen LogP contribution in [0.3, 0.4) is 0 Å². The van der Waals surface area contributed by atoms with Gasteiger partial charge < -0.3 is 9.47 Å². The molecule has 0 saturated heterocycles. The highest BCUT2D eigenvalue weighted by Gasteiger charge is 2.20. The highest BCUT2D eigenvalue weighted by atomic mass is 16.5. The van der Waals surface area contributed by atoms with Crippen molar-refractivity contribution in [1.29, 1.82) is 0 Å². The molecule has 0 spiro atoms. The molecule has 2 aromatic carbocycles. The summed E-state index contributed by atoms with van der Waals surface area (Å²) in [5, 5.41) is 0. The summed E-state index contributed by atoms with van der Waals surface area (Å²) in [5.41, 5.74) is 4.20. The number of esters is 2. The largest absolute Gasteiger partial charge is 0.465 e. The first-order valence-corrected chi connectivity index (χ1v) is 15.2. The van der Waals surface area contributed by atoms with Gasteiger partial charge in [0.25, 0.3) is 11.1 Å². The zero-order valence-corrected chi connectivity index (χ0v) is 25.9. The molecule has 0 unspecified atom stereocenters. The molecule has 0 fully saturated rings. The topological polar surface area (TPSA) is 162 Å². The van der Waals surface area contributed by atoms with Gasteiger partial charge in [-0.05, 0) is 86.8 Å². The van der Waals surface area contributed by atoms with Crippen LogP contribution < -0.4 is 22.5 Å². The third-order valence-corrected chi connectivity index (χ3v) is 8.39. The molecule has 2 aliphatic carbocycles. The molecule has 0 aliphatic heterocycles. The van der Waals surface area contributed by atoms with E-state index >= 15 is 0 Å². The van der Waals surface area contributed by atoms with Gasteiger partial charge in [0.05, 0.1) is 38.4 Å². The fourth-order valence-corrected chi connectivity index (χ4v) is 6.12. The van der Waals surface area contributed by atoms with Crippen LogP contribution in [0.2, 0.25) is 0 Å². The van der Waals surface area contributed by atoms with Crippen LogP contribution in [0, 0.1) is 0 Å². The molecule has 0 bridgehead atoms. The molecule has 2 heterocycles. The van der Waals surface area contributed by atoms with Crippen LogP contribution in [0.25, 0.3) is 0 Å². The Morgan fingerprint density at radius 3 is 1.41 bits per heavy atom. The molecule has 0 radical (unpaired) electrons. The van der Waals surface area contributed by atoms with E-state index in [0.717, 1.165) is 61.0 Å². The number of H-pyrrole nitrogens is 2. The van der Waals surface area contributed by atoms with Gasteiger partial charge in [0, 0.05) is 22.5 Å². The summed E-state index contributed by atoms with van der Waals surface area (Å²) in [6.45, 7) is 0.644. The van der Waals surface area contributed by atoms with E-state index in [1.165, 1.54) is 14.2 Å². The number of carbonyl (C=O) groups is 2. The lowest BCUT2D eigenvalue weighted by atomic mass is 9.96. The van der Waals surface area contributed by atoms with Crippen LogP contribution >= 0.6 is 0 Å². The molecule has 2 N–H and O–H groups in total. The Bertz CT molecular complexity index is 1870. The number of rotatable bonds is 6. The van der Waals surface area contributed by atoms with Gasteiger partial charge in [0.2, 0.25) is 0 Å².